The van der Waals surface area contributed by atoms with E-state index in [1.54, 1.807) is 0 Å². The van der Waals surface area contributed by atoms with Gasteiger partial charge in [-0.3, -0.25) is 0 Å². The molecule has 1 nitrogen and oxygen atoms in total. The average Bonchev–Trinajstić information content (AvgIpc) is 2.12. The smallest absolute Gasteiger partial charge is 0.311 e. The van der Waals surface area contributed by atoms with Crippen LogP contribution >= 0.6 is 23.4 Å². The normalized spacial score (nSPS) is 16.4. The van der Waals surface area contributed by atoms with Crippen molar-refractivity contribution in [2.45, 2.75) is 37.7 Å². The van der Waals surface area contributed by atoms with Crippen molar-refractivity contribution in [3.05, 3.63) is 0 Å². The third kappa shape index (κ3) is 8.22. The van der Waals surface area contributed by atoms with E-state index < -0.39 is 5.51 Å². The molecule has 0 bridgehead atoms. The minimum absolute atomic E-state index is 0.00735. The fourth-order valence-electron chi connectivity index (χ4n) is 1.12. The summed E-state index contributed by atoms with van der Waals surface area (Å²) in [4.78, 5) is 0. The second-order valence-electron chi connectivity index (χ2n) is 3.57. The lowest BCUT2D eigenvalue weighted by molar-refractivity contribution is -0.0327. The van der Waals surface area contributed by atoms with E-state index in [-0.39, 0.29) is 23.1 Å². The number of rotatable bonds is 7. The molecule has 0 fully saturated rings. The molecule has 6 heteroatoms. The van der Waals surface area contributed by atoms with Crippen molar-refractivity contribution < 1.29 is 13.2 Å². The van der Waals surface area contributed by atoms with Crippen molar-refractivity contribution in [1.29, 1.82) is 0 Å². The quantitative estimate of drug-likeness (QED) is 0.556. The Bertz CT molecular complexity index is 177. The van der Waals surface area contributed by atoms with Gasteiger partial charge >= 0.3 is 5.51 Å². The maximum Gasteiger partial charge on any atom is 0.441 e. The Morgan fingerprint density at radius 1 is 1.33 bits per heavy atom. The maximum absolute atomic E-state index is 11.8. The van der Waals surface area contributed by atoms with Crippen LogP contribution in [0.15, 0.2) is 0 Å². The van der Waals surface area contributed by atoms with E-state index >= 15 is 0 Å². The van der Waals surface area contributed by atoms with Gasteiger partial charge in [0.2, 0.25) is 0 Å². The van der Waals surface area contributed by atoms with E-state index in [2.05, 4.69) is 5.32 Å². The van der Waals surface area contributed by atoms with Gasteiger partial charge in [0.25, 0.3) is 0 Å². The van der Waals surface area contributed by atoms with Gasteiger partial charge in [-0.25, -0.2) is 0 Å². The molecule has 0 saturated carbocycles. The standard InChI is InChI=1S/C9H17ClF3NS/c1-3-8(2,4-5-10)14-6-7-15-9(11,12)13/h14H,3-7H2,1-2H3. The molecule has 0 aromatic carbocycles. The highest BCUT2D eigenvalue weighted by Gasteiger charge is 2.28. The maximum atomic E-state index is 11.8. The van der Waals surface area contributed by atoms with Gasteiger partial charge in [0.1, 0.15) is 0 Å². The monoisotopic (exact) mass is 263 g/mol. The van der Waals surface area contributed by atoms with E-state index in [1.165, 1.54) is 0 Å². The van der Waals surface area contributed by atoms with Crippen molar-refractivity contribution in [3.63, 3.8) is 0 Å². The first kappa shape index (κ1) is 15.4. The zero-order chi connectivity index (χ0) is 11.9. The highest BCUT2D eigenvalue weighted by molar-refractivity contribution is 8.00. The van der Waals surface area contributed by atoms with Gasteiger partial charge in [-0.2, -0.15) is 13.2 Å². The summed E-state index contributed by atoms with van der Waals surface area (Å²) in [7, 11) is 0. The molecule has 0 heterocycles. The fraction of sp³-hybridized carbons (Fsp3) is 1.00. The van der Waals surface area contributed by atoms with Gasteiger partial charge in [0, 0.05) is 23.7 Å². The van der Waals surface area contributed by atoms with Crippen LogP contribution in [-0.2, 0) is 0 Å². The zero-order valence-corrected chi connectivity index (χ0v) is 10.5. The molecule has 0 aliphatic rings. The number of halogens is 4. The van der Waals surface area contributed by atoms with E-state index in [4.69, 9.17) is 11.6 Å². The molecule has 1 unspecified atom stereocenters. The zero-order valence-electron chi connectivity index (χ0n) is 8.96. The number of alkyl halides is 4. The molecule has 0 radical (unpaired) electrons. The Balaban J connectivity index is 3.73. The van der Waals surface area contributed by atoms with Crippen LogP contribution in [0.2, 0.25) is 0 Å². The predicted molar refractivity (Wildman–Crippen MR) is 60.5 cm³/mol. The summed E-state index contributed by atoms with van der Waals surface area (Å²) in [5.41, 5.74) is -4.27. The number of hydrogen-bond donors (Lipinski definition) is 1. The van der Waals surface area contributed by atoms with E-state index in [1.807, 2.05) is 13.8 Å². The SMILES string of the molecule is CCC(C)(CCCl)NCCSC(F)(F)F. The molecule has 92 valence electrons. The van der Waals surface area contributed by atoms with Crippen LogP contribution in [-0.4, -0.2) is 29.2 Å². The summed E-state index contributed by atoms with van der Waals surface area (Å²) >= 11 is 5.63. The molecule has 0 spiro atoms. The molecule has 1 N–H and O–H groups in total. The Morgan fingerprint density at radius 2 is 1.93 bits per heavy atom. The van der Waals surface area contributed by atoms with Crippen LogP contribution < -0.4 is 5.32 Å². The topological polar surface area (TPSA) is 12.0 Å². The summed E-state index contributed by atoms with van der Waals surface area (Å²) in [6.07, 6.45) is 1.62. The van der Waals surface area contributed by atoms with Crippen LogP contribution in [0.5, 0.6) is 0 Å². The van der Waals surface area contributed by atoms with Crippen LogP contribution in [0.4, 0.5) is 13.2 Å². The van der Waals surface area contributed by atoms with Crippen LogP contribution in [0.1, 0.15) is 26.7 Å². The third-order valence-corrected chi connectivity index (χ3v) is 3.27. The molecule has 0 rings (SSSR count). The summed E-state index contributed by atoms with van der Waals surface area (Å²) in [6.45, 7) is 4.33. The molecule has 0 aliphatic heterocycles. The Hall–Kier alpha value is 0.390. The number of hydrogen-bond acceptors (Lipinski definition) is 2. The van der Waals surface area contributed by atoms with Gasteiger partial charge in [-0.1, -0.05) is 6.92 Å². The van der Waals surface area contributed by atoms with Gasteiger partial charge in [-0.05, 0) is 31.5 Å². The Kier molecular flexibility index (Phi) is 7.04. The first-order chi connectivity index (χ1) is 6.83. The lowest BCUT2D eigenvalue weighted by atomic mass is 9.96. The second kappa shape index (κ2) is 6.86. The summed E-state index contributed by atoms with van der Waals surface area (Å²) < 4.78 is 35.5. The molecule has 15 heavy (non-hydrogen) atoms. The third-order valence-electron chi connectivity index (χ3n) is 2.35. The van der Waals surface area contributed by atoms with Gasteiger partial charge in [-0.15, -0.1) is 11.6 Å². The number of thioether (sulfide) groups is 1. The molecular formula is C9H17ClF3NS. The van der Waals surface area contributed by atoms with Crippen LogP contribution in [0.25, 0.3) is 0 Å². The molecule has 0 aliphatic carbocycles. The predicted octanol–water partition coefficient (Wildman–Crippen LogP) is 3.63. The largest absolute Gasteiger partial charge is 0.441 e. The van der Waals surface area contributed by atoms with Crippen LogP contribution in [0, 0.1) is 0 Å². The minimum atomic E-state index is -4.13. The van der Waals surface area contributed by atoms with E-state index in [0.717, 1.165) is 12.8 Å². The van der Waals surface area contributed by atoms with Gasteiger partial charge in [0.05, 0.1) is 0 Å². The summed E-state index contributed by atoms with van der Waals surface area (Å²) in [5, 5.41) is 3.11. The Labute approximate surface area is 98.1 Å². The molecule has 1 atom stereocenters. The number of nitrogens with one attached hydrogen (secondary N) is 1. The lowest BCUT2D eigenvalue weighted by Gasteiger charge is -2.29. The van der Waals surface area contributed by atoms with Crippen molar-refractivity contribution in [3.8, 4) is 0 Å². The molecular weight excluding hydrogens is 247 g/mol. The first-order valence-electron chi connectivity index (χ1n) is 4.84. The van der Waals surface area contributed by atoms with Crippen molar-refractivity contribution >= 4 is 23.4 Å². The van der Waals surface area contributed by atoms with Gasteiger partial charge in [0.15, 0.2) is 0 Å². The molecule has 0 aromatic rings. The van der Waals surface area contributed by atoms with Crippen molar-refractivity contribution in [2.24, 2.45) is 0 Å². The van der Waals surface area contributed by atoms with E-state index in [0.29, 0.717) is 12.4 Å². The second-order valence-corrected chi connectivity index (χ2v) is 5.11. The average molecular weight is 264 g/mol. The lowest BCUT2D eigenvalue weighted by Crippen LogP contribution is -2.43. The first-order valence-corrected chi connectivity index (χ1v) is 6.36. The van der Waals surface area contributed by atoms with Crippen molar-refractivity contribution in [1.82, 2.24) is 5.32 Å². The molecule has 0 amide bonds. The minimum Gasteiger partial charge on any atom is -0.311 e. The Morgan fingerprint density at radius 3 is 2.33 bits per heavy atom. The molecule has 0 aromatic heterocycles. The van der Waals surface area contributed by atoms with Gasteiger partial charge < -0.3 is 5.32 Å². The highest BCUT2D eigenvalue weighted by Crippen LogP contribution is 2.29. The fourth-order valence-corrected chi connectivity index (χ4v) is 1.97. The highest BCUT2D eigenvalue weighted by atomic mass is 35.5. The summed E-state index contributed by atoms with van der Waals surface area (Å²) in [6, 6.07) is 0. The van der Waals surface area contributed by atoms with E-state index in [9.17, 15) is 13.2 Å². The van der Waals surface area contributed by atoms with Crippen LogP contribution in [0.3, 0.4) is 0 Å². The summed E-state index contributed by atoms with van der Waals surface area (Å²) in [5.74, 6) is 0.561. The van der Waals surface area contributed by atoms with Crippen molar-refractivity contribution in [2.75, 3.05) is 18.2 Å². The molecule has 0 saturated heterocycles.